The fraction of sp³-hybridized carbons (Fsp3) is 0.0769. The second-order valence-electron chi connectivity index (χ2n) is 13.4. The minimum Gasteiger partial charge on any atom is -0.386 e. The van der Waals surface area contributed by atoms with Gasteiger partial charge in [-0.25, -0.2) is 25.3 Å². The molecule has 0 radical (unpaired) electrons. The van der Waals surface area contributed by atoms with Crippen LogP contribution in [0.1, 0.15) is 0 Å². The number of phosphoric ester groups is 1. The van der Waals surface area contributed by atoms with Crippen molar-refractivity contribution in [1.82, 2.24) is 0 Å². The molecule has 0 saturated carbocycles. The van der Waals surface area contributed by atoms with E-state index in [1.165, 1.54) is 127 Å². The second-order valence-corrected chi connectivity index (χ2v) is 20.7. The number of hydrogen-bond acceptors (Lipinski definition) is 22. The first-order valence-corrected chi connectivity index (χ1v) is 25.2. The molecule has 0 amide bonds. The van der Waals surface area contributed by atoms with Gasteiger partial charge < -0.3 is 13.6 Å². The third-order valence-electron chi connectivity index (χ3n) is 8.41. The number of azo groups is 3. The quantitative estimate of drug-likeness (QED) is 0.0280. The van der Waals surface area contributed by atoms with Gasteiger partial charge in [-0.1, -0.05) is 36.4 Å². The highest BCUT2D eigenvalue weighted by Gasteiger charge is 2.34. The van der Waals surface area contributed by atoms with Crippen LogP contribution in [0.25, 0.3) is 0 Å². The summed E-state index contributed by atoms with van der Waals surface area (Å²) in [6, 6.07) is 31.7. The maximum atomic E-state index is 14.4. The van der Waals surface area contributed by atoms with Crippen molar-refractivity contribution in [2.45, 2.75) is 14.7 Å². The van der Waals surface area contributed by atoms with E-state index < -0.39 is 84.4 Å². The molecule has 0 heterocycles. The summed E-state index contributed by atoms with van der Waals surface area (Å²) < 4.78 is 107. The van der Waals surface area contributed by atoms with E-state index in [0.717, 1.165) is 18.2 Å². The summed E-state index contributed by atoms with van der Waals surface area (Å²) in [6.45, 7) is 0. The largest absolute Gasteiger partial charge is 0.647 e. The van der Waals surface area contributed by atoms with E-state index >= 15 is 0 Å². The first-order chi connectivity index (χ1) is 32.2. The van der Waals surface area contributed by atoms with Crippen LogP contribution in [0.2, 0.25) is 0 Å². The molecule has 0 aromatic heterocycles. The number of nitrogens with zero attached hydrogens (tertiary/aromatic N) is 9. The standard InChI is InChI=1S/C39H30N9O16PS3/c49-46(50)25-66(56,57)37-10-4-1-7-34(37)43-40-28-13-19-31(20-14-28)62-65(55,63-32-21-15-29(16-22-32)41-44-35-8-2-5-11-38(35)67(58,59)26-47(51)52)64-33-23-17-30(18-24-33)42-45-36-9-3-6-12-39(36)68(60,61)27-48(53)54/h1-24H,25-27H2. The lowest BCUT2D eigenvalue weighted by atomic mass is 10.3. The zero-order chi connectivity index (χ0) is 49.1. The van der Waals surface area contributed by atoms with E-state index in [1.54, 1.807) is 0 Å². The Kier molecular flexibility index (Phi) is 15.2. The minimum absolute atomic E-state index is 0.103. The molecular weight excluding hydrogens is 978 g/mol. The van der Waals surface area contributed by atoms with Crippen LogP contribution in [0.4, 0.5) is 34.1 Å². The van der Waals surface area contributed by atoms with Gasteiger partial charge in [-0.3, -0.25) is 30.3 Å². The lowest BCUT2D eigenvalue weighted by Crippen LogP contribution is -2.14. The summed E-state index contributed by atoms with van der Waals surface area (Å²) in [7, 11) is -17.8. The van der Waals surface area contributed by atoms with Gasteiger partial charge in [-0.15, -0.1) is 15.3 Å². The molecule has 0 N–H and O–H groups in total. The Morgan fingerprint density at radius 2 is 0.618 bits per heavy atom. The van der Waals surface area contributed by atoms with Gasteiger partial charge in [0.15, 0.2) is 0 Å². The molecule has 29 heteroatoms. The van der Waals surface area contributed by atoms with Crippen LogP contribution in [0.3, 0.4) is 0 Å². The van der Waals surface area contributed by atoms with Gasteiger partial charge in [0.05, 0.1) is 17.1 Å². The molecule has 0 spiro atoms. The smallest absolute Gasteiger partial charge is 0.386 e. The van der Waals surface area contributed by atoms with Gasteiger partial charge in [0.2, 0.25) is 29.5 Å². The van der Waals surface area contributed by atoms with Gasteiger partial charge in [0, 0.05) is 14.8 Å². The molecule has 0 aliphatic carbocycles. The van der Waals surface area contributed by atoms with E-state index in [0.29, 0.717) is 0 Å². The van der Waals surface area contributed by atoms with Gasteiger partial charge in [-0.05, 0) is 109 Å². The summed E-state index contributed by atoms with van der Waals surface area (Å²) >= 11 is 0. The Morgan fingerprint density at radius 3 is 0.853 bits per heavy atom. The summed E-state index contributed by atoms with van der Waals surface area (Å²) in [6.07, 6.45) is 0. The van der Waals surface area contributed by atoms with Gasteiger partial charge >= 0.3 is 25.5 Å². The lowest BCUT2D eigenvalue weighted by molar-refractivity contribution is -0.458. The fourth-order valence-corrected chi connectivity index (χ4v) is 10.2. The van der Waals surface area contributed by atoms with Crippen molar-refractivity contribution in [3.05, 3.63) is 176 Å². The van der Waals surface area contributed by atoms with Gasteiger partial charge in [0.1, 0.15) is 49.0 Å². The maximum Gasteiger partial charge on any atom is 0.647 e. The Balaban J connectivity index is 1.25. The van der Waals surface area contributed by atoms with Crippen LogP contribution in [0.15, 0.2) is 191 Å². The molecule has 350 valence electrons. The highest BCUT2D eigenvalue weighted by molar-refractivity contribution is 7.92. The molecule has 6 aromatic carbocycles. The molecular formula is C39H30N9O16PS3. The molecule has 0 aliphatic rings. The molecule has 0 saturated heterocycles. The number of phosphoric acid groups is 1. The SMILES string of the molecule is O=[N+]([O-])CS(=O)(=O)c1ccccc1N=Nc1ccc(OP(=O)(Oc2ccc(N=Nc3ccccc3S(=O)(=O)C[N+](=O)[O-])cc2)Oc2ccc(N=Nc3ccccc3S(=O)(=O)C[N+](=O)[O-])cc2)cc1. The topological polar surface area (TPSA) is 351 Å². The van der Waals surface area contributed by atoms with E-state index in [9.17, 15) is 60.2 Å². The van der Waals surface area contributed by atoms with Gasteiger partial charge in [0.25, 0.3) is 0 Å². The van der Waals surface area contributed by atoms with Crippen molar-refractivity contribution in [1.29, 1.82) is 0 Å². The highest BCUT2D eigenvalue weighted by Crippen LogP contribution is 2.50. The van der Waals surface area contributed by atoms with Crippen molar-refractivity contribution in [2.75, 3.05) is 17.6 Å². The average Bonchev–Trinajstić information content (AvgIpc) is 3.27. The van der Waals surface area contributed by atoms with Gasteiger partial charge in [-0.2, -0.15) is 19.9 Å². The van der Waals surface area contributed by atoms with Crippen molar-refractivity contribution < 1.29 is 58.2 Å². The average molecular weight is 1010 g/mol. The second kappa shape index (κ2) is 21.0. The van der Waals surface area contributed by atoms with Crippen LogP contribution in [-0.4, -0.2) is 57.7 Å². The van der Waals surface area contributed by atoms with E-state index in [1.807, 2.05) is 0 Å². The van der Waals surface area contributed by atoms with Crippen molar-refractivity contribution in [3.63, 3.8) is 0 Å². The van der Waals surface area contributed by atoms with Crippen LogP contribution < -0.4 is 13.6 Å². The van der Waals surface area contributed by atoms with E-state index in [4.69, 9.17) is 13.6 Å². The first-order valence-electron chi connectivity index (χ1n) is 18.8. The van der Waals surface area contributed by atoms with E-state index in [2.05, 4.69) is 30.7 Å². The van der Waals surface area contributed by atoms with Crippen molar-refractivity contribution in [3.8, 4) is 17.2 Å². The Morgan fingerprint density at radius 1 is 0.382 bits per heavy atom. The lowest BCUT2D eigenvalue weighted by Gasteiger charge is -2.19. The Labute approximate surface area is 384 Å². The predicted octanol–water partition coefficient (Wildman–Crippen LogP) is 9.60. The van der Waals surface area contributed by atoms with Crippen LogP contribution >= 0.6 is 7.82 Å². The number of hydrogen-bond donors (Lipinski definition) is 0. The summed E-state index contributed by atoms with van der Waals surface area (Å²) in [5, 5.41) is 56.6. The number of rotatable bonds is 21. The number of benzene rings is 6. The molecule has 0 bridgehead atoms. The predicted molar refractivity (Wildman–Crippen MR) is 238 cm³/mol. The zero-order valence-corrected chi connectivity index (χ0v) is 37.6. The highest BCUT2D eigenvalue weighted by atomic mass is 32.2. The van der Waals surface area contributed by atoms with Crippen molar-refractivity contribution in [2.24, 2.45) is 30.7 Å². The fourth-order valence-electron chi connectivity index (χ4n) is 5.53. The number of sulfone groups is 3. The normalized spacial score (nSPS) is 13.0. The molecule has 68 heavy (non-hydrogen) atoms. The van der Waals surface area contributed by atoms with Crippen LogP contribution in [0, 0.1) is 30.3 Å². The Bertz CT molecular complexity index is 3010. The van der Waals surface area contributed by atoms with Crippen molar-refractivity contribution >= 4 is 71.5 Å². The summed E-state index contributed by atoms with van der Waals surface area (Å²) in [5.41, 5.74) is -0.0892. The summed E-state index contributed by atoms with van der Waals surface area (Å²) in [5.74, 6) is -4.40. The minimum atomic E-state index is -4.76. The molecule has 0 unspecified atom stereocenters. The molecule has 25 nitrogen and oxygen atoms in total. The Hall–Kier alpha value is -8.20. The molecule has 6 rings (SSSR count). The molecule has 0 atom stereocenters. The molecule has 0 fully saturated rings. The third-order valence-corrected chi connectivity index (χ3v) is 14.4. The molecule has 6 aromatic rings. The van der Waals surface area contributed by atoms with Crippen LogP contribution in [0.5, 0.6) is 17.2 Å². The first kappa shape index (κ1) is 49.2. The summed E-state index contributed by atoms with van der Waals surface area (Å²) in [4.78, 5) is 28.6. The third kappa shape index (κ3) is 13.4. The zero-order valence-electron chi connectivity index (χ0n) is 34.2. The molecule has 0 aliphatic heterocycles. The maximum absolute atomic E-state index is 14.4. The monoisotopic (exact) mass is 1010 g/mol. The number of nitro groups is 3. The van der Waals surface area contributed by atoms with E-state index in [-0.39, 0.29) is 51.4 Å². The van der Waals surface area contributed by atoms with Crippen LogP contribution in [-0.2, 0) is 34.1 Å².